The van der Waals surface area contributed by atoms with Gasteiger partial charge in [-0.2, -0.15) is 0 Å². The van der Waals surface area contributed by atoms with Crippen LogP contribution >= 0.6 is 0 Å². The molecule has 0 bridgehead atoms. The van der Waals surface area contributed by atoms with Crippen LogP contribution in [-0.2, 0) is 11.3 Å². The minimum Gasteiger partial charge on any atom is -0.353 e. The van der Waals surface area contributed by atoms with Gasteiger partial charge in [0.1, 0.15) is 11.9 Å². The van der Waals surface area contributed by atoms with Crippen molar-refractivity contribution in [2.45, 2.75) is 25.9 Å². The van der Waals surface area contributed by atoms with Crippen molar-refractivity contribution in [2.24, 2.45) is 5.73 Å². The molecular weight excluding hydrogens is 216 g/mol. The summed E-state index contributed by atoms with van der Waals surface area (Å²) in [4.78, 5) is 18.2. The fourth-order valence-electron chi connectivity index (χ4n) is 2.22. The normalized spacial score (nSPS) is 20.2. The summed E-state index contributed by atoms with van der Waals surface area (Å²) in [5.41, 5.74) is 6.70. The molecule has 5 nitrogen and oxygen atoms in total. The zero-order valence-electron chi connectivity index (χ0n) is 10.0. The molecule has 1 aromatic rings. The average Bonchev–Trinajstić information content (AvgIpc) is 2.38. The van der Waals surface area contributed by atoms with E-state index in [4.69, 9.17) is 5.73 Å². The molecule has 3 N–H and O–H groups in total. The number of hydrogen-bond donors (Lipinski definition) is 2. The van der Waals surface area contributed by atoms with E-state index in [1.807, 2.05) is 19.1 Å². The number of aromatic nitrogens is 1. The van der Waals surface area contributed by atoms with Crippen molar-refractivity contribution < 1.29 is 4.79 Å². The summed E-state index contributed by atoms with van der Waals surface area (Å²) < 4.78 is 0. The van der Waals surface area contributed by atoms with Crippen LogP contribution in [0.2, 0.25) is 0 Å². The van der Waals surface area contributed by atoms with Crippen LogP contribution in [-0.4, -0.2) is 30.0 Å². The minimum absolute atomic E-state index is 0.0763. The molecule has 1 aliphatic heterocycles. The lowest BCUT2D eigenvalue weighted by atomic mass is 10.1. The Balaban J connectivity index is 2.33. The third-order valence-electron chi connectivity index (χ3n) is 3.08. The van der Waals surface area contributed by atoms with E-state index in [0.717, 1.165) is 24.3 Å². The van der Waals surface area contributed by atoms with E-state index >= 15 is 0 Å². The molecule has 17 heavy (non-hydrogen) atoms. The van der Waals surface area contributed by atoms with Crippen LogP contribution in [0.5, 0.6) is 0 Å². The summed E-state index contributed by atoms with van der Waals surface area (Å²) in [5.74, 6) is 0.920. The molecule has 1 amide bonds. The molecule has 0 saturated carbocycles. The van der Waals surface area contributed by atoms with Crippen molar-refractivity contribution in [3.8, 4) is 0 Å². The van der Waals surface area contributed by atoms with Gasteiger partial charge in [0.15, 0.2) is 0 Å². The second-order valence-corrected chi connectivity index (χ2v) is 4.10. The van der Waals surface area contributed by atoms with E-state index in [-0.39, 0.29) is 11.9 Å². The van der Waals surface area contributed by atoms with Crippen LogP contribution in [0.4, 0.5) is 5.82 Å². The first-order chi connectivity index (χ1) is 8.27. The summed E-state index contributed by atoms with van der Waals surface area (Å²) in [6.07, 6.45) is 2.51. The molecule has 1 atom stereocenters. The molecule has 0 spiro atoms. The Morgan fingerprint density at radius 1 is 1.65 bits per heavy atom. The van der Waals surface area contributed by atoms with Gasteiger partial charge in [0.2, 0.25) is 5.91 Å². The Kier molecular flexibility index (Phi) is 3.58. The van der Waals surface area contributed by atoms with Crippen LogP contribution in [0.15, 0.2) is 18.3 Å². The summed E-state index contributed by atoms with van der Waals surface area (Å²) >= 11 is 0. The molecule has 5 heteroatoms. The molecule has 1 unspecified atom stereocenters. The molecule has 1 aromatic heterocycles. The first-order valence-corrected chi connectivity index (χ1v) is 5.96. The maximum Gasteiger partial charge on any atom is 0.242 e. The van der Waals surface area contributed by atoms with E-state index in [1.54, 1.807) is 6.20 Å². The van der Waals surface area contributed by atoms with E-state index in [2.05, 4.69) is 15.2 Å². The molecule has 2 heterocycles. The number of anilines is 1. The predicted octanol–water partition coefficient (Wildman–Crippen LogP) is 0.255. The SMILES string of the molecule is CCC1C(=O)NCCN1c1ncccc1CN. The maximum atomic E-state index is 11.8. The fourth-order valence-corrected chi connectivity index (χ4v) is 2.22. The van der Waals surface area contributed by atoms with Gasteiger partial charge in [-0.15, -0.1) is 0 Å². The lowest BCUT2D eigenvalue weighted by molar-refractivity contribution is -0.123. The van der Waals surface area contributed by atoms with Gasteiger partial charge in [-0.1, -0.05) is 13.0 Å². The van der Waals surface area contributed by atoms with Crippen molar-refractivity contribution in [3.63, 3.8) is 0 Å². The highest BCUT2D eigenvalue weighted by Crippen LogP contribution is 2.21. The number of carbonyl (C=O) groups excluding carboxylic acids is 1. The van der Waals surface area contributed by atoms with E-state index in [0.29, 0.717) is 13.1 Å². The number of rotatable bonds is 3. The zero-order valence-corrected chi connectivity index (χ0v) is 10.0. The van der Waals surface area contributed by atoms with Gasteiger partial charge in [-0.05, 0) is 12.5 Å². The Hall–Kier alpha value is -1.62. The van der Waals surface area contributed by atoms with Crippen molar-refractivity contribution >= 4 is 11.7 Å². The van der Waals surface area contributed by atoms with E-state index in [1.165, 1.54) is 0 Å². The molecule has 1 aliphatic rings. The fraction of sp³-hybridized carbons (Fsp3) is 0.500. The molecule has 92 valence electrons. The first kappa shape index (κ1) is 11.9. The molecule has 2 rings (SSSR count). The summed E-state index contributed by atoms with van der Waals surface area (Å²) in [5, 5.41) is 2.88. The van der Waals surface area contributed by atoms with Crippen LogP contribution in [0.25, 0.3) is 0 Å². The molecule has 0 radical (unpaired) electrons. The van der Waals surface area contributed by atoms with Crippen LogP contribution in [0, 0.1) is 0 Å². The Labute approximate surface area is 101 Å². The third kappa shape index (κ3) is 2.24. The van der Waals surface area contributed by atoms with Crippen LogP contribution < -0.4 is 16.0 Å². The van der Waals surface area contributed by atoms with Gasteiger partial charge < -0.3 is 16.0 Å². The minimum atomic E-state index is -0.135. The lowest BCUT2D eigenvalue weighted by Gasteiger charge is -2.36. The lowest BCUT2D eigenvalue weighted by Crippen LogP contribution is -2.55. The van der Waals surface area contributed by atoms with Gasteiger partial charge in [-0.25, -0.2) is 4.98 Å². The molecular formula is C12H18N4O. The monoisotopic (exact) mass is 234 g/mol. The van der Waals surface area contributed by atoms with Gasteiger partial charge >= 0.3 is 0 Å². The number of amides is 1. The summed E-state index contributed by atoms with van der Waals surface area (Å²) in [6.45, 7) is 3.90. The number of nitrogens with one attached hydrogen (secondary N) is 1. The summed E-state index contributed by atoms with van der Waals surface area (Å²) in [7, 11) is 0. The Morgan fingerprint density at radius 3 is 3.18 bits per heavy atom. The quantitative estimate of drug-likeness (QED) is 0.786. The van der Waals surface area contributed by atoms with Crippen molar-refractivity contribution in [3.05, 3.63) is 23.9 Å². The molecule has 1 fully saturated rings. The second-order valence-electron chi connectivity index (χ2n) is 4.10. The zero-order chi connectivity index (χ0) is 12.3. The van der Waals surface area contributed by atoms with Crippen LogP contribution in [0.3, 0.4) is 0 Å². The van der Waals surface area contributed by atoms with Crippen molar-refractivity contribution in [1.29, 1.82) is 0 Å². The van der Waals surface area contributed by atoms with Crippen molar-refractivity contribution in [2.75, 3.05) is 18.0 Å². The van der Waals surface area contributed by atoms with Crippen LogP contribution in [0.1, 0.15) is 18.9 Å². The third-order valence-corrected chi connectivity index (χ3v) is 3.08. The van der Waals surface area contributed by atoms with Gasteiger partial charge in [-0.3, -0.25) is 4.79 Å². The average molecular weight is 234 g/mol. The van der Waals surface area contributed by atoms with E-state index < -0.39 is 0 Å². The van der Waals surface area contributed by atoms with Gasteiger partial charge in [0.05, 0.1) is 0 Å². The summed E-state index contributed by atoms with van der Waals surface area (Å²) in [6, 6.07) is 3.70. The topological polar surface area (TPSA) is 71.2 Å². The highest BCUT2D eigenvalue weighted by atomic mass is 16.2. The number of nitrogens with zero attached hydrogens (tertiary/aromatic N) is 2. The number of piperazine rings is 1. The number of pyridine rings is 1. The number of carbonyl (C=O) groups is 1. The Morgan fingerprint density at radius 2 is 2.47 bits per heavy atom. The largest absolute Gasteiger partial charge is 0.353 e. The highest BCUT2D eigenvalue weighted by Gasteiger charge is 2.29. The Bertz CT molecular complexity index is 407. The molecule has 1 saturated heterocycles. The number of hydrogen-bond acceptors (Lipinski definition) is 4. The van der Waals surface area contributed by atoms with E-state index in [9.17, 15) is 4.79 Å². The molecule has 0 aliphatic carbocycles. The molecule has 0 aromatic carbocycles. The first-order valence-electron chi connectivity index (χ1n) is 5.96. The second kappa shape index (κ2) is 5.14. The highest BCUT2D eigenvalue weighted by molar-refractivity contribution is 5.86. The standard InChI is InChI=1S/C12H18N4O/c1-2-10-12(17)15-6-7-16(10)11-9(8-13)4-3-5-14-11/h3-5,10H,2,6-8,13H2,1H3,(H,15,17). The smallest absolute Gasteiger partial charge is 0.242 e. The van der Waals surface area contributed by atoms with Gasteiger partial charge in [0.25, 0.3) is 0 Å². The van der Waals surface area contributed by atoms with Crippen molar-refractivity contribution in [1.82, 2.24) is 10.3 Å². The van der Waals surface area contributed by atoms with Gasteiger partial charge in [0, 0.05) is 31.4 Å². The predicted molar refractivity (Wildman–Crippen MR) is 66.6 cm³/mol. The number of nitrogens with two attached hydrogens (primary N) is 1. The maximum absolute atomic E-state index is 11.8.